The summed E-state index contributed by atoms with van der Waals surface area (Å²) in [5.74, 6) is -0.491. The molecule has 140 valence electrons. The molecule has 2 rings (SSSR count). The maximum Gasteiger partial charge on any atom is 0.305 e. The van der Waals surface area contributed by atoms with Crippen LogP contribution in [0.5, 0.6) is 0 Å². The summed E-state index contributed by atoms with van der Waals surface area (Å²) >= 11 is 0. The lowest BCUT2D eigenvalue weighted by molar-refractivity contribution is -0.140. The summed E-state index contributed by atoms with van der Waals surface area (Å²) in [5, 5.41) is 16.3. The molecule has 0 radical (unpaired) electrons. The molecule has 0 aliphatic carbocycles. The third-order valence-corrected chi connectivity index (χ3v) is 3.95. The van der Waals surface area contributed by atoms with Gasteiger partial charge in [-0.1, -0.05) is 18.2 Å². The molecule has 0 unspecified atom stereocenters. The zero-order valence-corrected chi connectivity index (χ0v) is 15.0. The van der Waals surface area contributed by atoms with Gasteiger partial charge in [-0.15, -0.1) is 0 Å². The highest BCUT2D eigenvalue weighted by Gasteiger charge is 2.17. The van der Waals surface area contributed by atoms with E-state index in [4.69, 9.17) is 5.11 Å². The van der Waals surface area contributed by atoms with Crippen LogP contribution in [-0.2, 0) is 16.0 Å². The third kappa shape index (κ3) is 5.70. The quantitative estimate of drug-likeness (QED) is 0.499. The van der Waals surface area contributed by atoms with Crippen molar-refractivity contribution in [2.24, 2.45) is 0 Å². The van der Waals surface area contributed by atoms with Gasteiger partial charge in [0.05, 0.1) is 12.8 Å². The molecule has 26 heavy (non-hydrogen) atoms. The Morgan fingerprint density at radius 2 is 1.96 bits per heavy atom. The molecule has 0 aliphatic rings. The number of amides is 1. The largest absolute Gasteiger partial charge is 0.469 e. The smallest absolute Gasteiger partial charge is 0.305 e. The number of nitrogens with one attached hydrogen (secondary N) is 1. The lowest BCUT2D eigenvalue weighted by Gasteiger charge is -2.05. The molecule has 7 heteroatoms. The molecule has 0 fully saturated rings. The number of unbranched alkanes of at least 4 members (excludes halogenated alkanes) is 1. The highest BCUT2D eigenvalue weighted by Crippen LogP contribution is 2.14. The summed E-state index contributed by atoms with van der Waals surface area (Å²) in [7, 11) is 1.36. The fraction of sp³-hybridized carbons (Fsp3) is 0.421. The first-order valence-corrected chi connectivity index (χ1v) is 8.75. The minimum absolute atomic E-state index is 0.0606. The number of nitrogens with zero attached hydrogens (tertiary/aromatic N) is 2. The van der Waals surface area contributed by atoms with Gasteiger partial charge in [0.25, 0.3) is 5.91 Å². The standard InChI is InChI=1S/C19H25N3O4/c1-26-17(24)11-5-6-12-20-19(25)18-15(8-7-13-23)14-22(21-18)16-9-3-2-4-10-16/h2-4,9-10,14,23H,5-8,11-13H2,1H3,(H,20,25). The van der Waals surface area contributed by atoms with Gasteiger partial charge in [0.1, 0.15) is 0 Å². The van der Waals surface area contributed by atoms with E-state index >= 15 is 0 Å². The van der Waals surface area contributed by atoms with Crippen LogP contribution in [0.25, 0.3) is 5.69 Å². The highest BCUT2D eigenvalue weighted by molar-refractivity contribution is 5.93. The van der Waals surface area contributed by atoms with Crippen molar-refractivity contribution in [2.75, 3.05) is 20.3 Å². The molecule has 0 atom stereocenters. The number of para-hydroxylation sites is 1. The first-order chi connectivity index (χ1) is 12.7. The van der Waals surface area contributed by atoms with Gasteiger partial charge >= 0.3 is 5.97 Å². The lowest BCUT2D eigenvalue weighted by atomic mass is 10.1. The number of aromatic nitrogens is 2. The molecule has 1 aromatic carbocycles. The molecule has 2 N–H and O–H groups in total. The van der Waals surface area contributed by atoms with Gasteiger partial charge in [-0.3, -0.25) is 9.59 Å². The van der Waals surface area contributed by atoms with Gasteiger partial charge in [0.2, 0.25) is 0 Å². The molecule has 1 amide bonds. The zero-order chi connectivity index (χ0) is 18.8. The number of esters is 1. The molecule has 0 spiro atoms. The number of rotatable bonds is 10. The van der Waals surface area contributed by atoms with Crippen molar-refractivity contribution in [1.82, 2.24) is 15.1 Å². The Bertz CT molecular complexity index is 713. The number of methoxy groups -OCH3 is 1. The number of aliphatic hydroxyl groups is 1. The maximum absolute atomic E-state index is 12.5. The Balaban J connectivity index is 2.00. The molecule has 0 saturated heterocycles. The SMILES string of the molecule is COC(=O)CCCCNC(=O)c1nn(-c2ccccc2)cc1CCCO. The van der Waals surface area contributed by atoms with Crippen LogP contribution in [0, 0.1) is 0 Å². The van der Waals surface area contributed by atoms with Gasteiger partial charge in [0, 0.05) is 31.3 Å². The summed E-state index contributed by atoms with van der Waals surface area (Å²) in [5.41, 5.74) is 2.04. The van der Waals surface area contributed by atoms with Crippen LogP contribution in [0.4, 0.5) is 0 Å². The van der Waals surface area contributed by atoms with E-state index in [1.807, 2.05) is 36.5 Å². The van der Waals surface area contributed by atoms with Crippen molar-refractivity contribution in [3.8, 4) is 5.69 Å². The lowest BCUT2D eigenvalue weighted by Crippen LogP contribution is -2.26. The second-order valence-electron chi connectivity index (χ2n) is 5.90. The van der Waals surface area contributed by atoms with Crippen molar-refractivity contribution in [2.45, 2.75) is 32.1 Å². The molecule has 1 heterocycles. The van der Waals surface area contributed by atoms with E-state index in [0.29, 0.717) is 44.3 Å². The van der Waals surface area contributed by atoms with E-state index < -0.39 is 0 Å². The maximum atomic E-state index is 12.5. The molecule has 0 aliphatic heterocycles. The topological polar surface area (TPSA) is 93.5 Å². The predicted molar refractivity (Wildman–Crippen MR) is 97.2 cm³/mol. The average molecular weight is 359 g/mol. The second kappa shape index (κ2) is 10.4. The fourth-order valence-corrected chi connectivity index (χ4v) is 2.55. The average Bonchev–Trinajstić information content (AvgIpc) is 3.10. The number of hydrogen-bond donors (Lipinski definition) is 2. The van der Waals surface area contributed by atoms with Crippen molar-refractivity contribution in [3.63, 3.8) is 0 Å². The molecule has 1 aromatic heterocycles. The molecular formula is C19H25N3O4. The first-order valence-electron chi connectivity index (χ1n) is 8.75. The predicted octanol–water partition coefficient (Wildman–Crippen LogP) is 1.87. The Morgan fingerprint density at radius 3 is 2.65 bits per heavy atom. The number of carbonyl (C=O) groups is 2. The van der Waals surface area contributed by atoms with E-state index in [0.717, 1.165) is 11.3 Å². The van der Waals surface area contributed by atoms with E-state index in [1.54, 1.807) is 4.68 Å². The van der Waals surface area contributed by atoms with Gasteiger partial charge < -0.3 is 15.2 Å². The molecule has 2 aromatic rings. The van der Waals surface area contributed by atoms with Gasteiger partial charge in [0.15, 0.2) is 5.69 Å². The summed E-state index contributed by atoms with van der Waals surface area (Å²) in [6.45, 7) is 0.526. The highest BCUT2D eigenvalue weighted by atomic mass is 16.5. The molecular weight excluding hydrogens is 334 g/mol. The number of carbonyl (C=O) groups excluding carboxylic acids is 2. The Labute approximate surface area is 153 Å². The zero-order valence-electron chi connectivity index (χ0n) is 15.0. The normalized spacial score (nSPS) is 10.5. The van der Waals surface area contributed by atoms with Crippen molar-refractivity contribution in [3.05, 3.63) is 47.8 Å². The van der Waals surface area contributed by atoms with Crippen LogP contribution < -0.4 is 5.32 Å². The number of benzene rings is 1. The number of aliphatic hydroxyl groups excluding tert-OH is 1. The minimum atomic E-state index is -0.246. The summed E-state index contributed by atoms with van der Waals surface area (Å²) in [6.07, 6.45) is 4.66. The Hall–Kier alpha value is -2.67. The van der Waals surface area contributed by atoms with Crippen LogP contribution in [0.2, 0.25) is 0 Å². The van der Waals surface area contributed by atoms with Crippen molar-refractivity contribution in [1.29, 1.82) is 0 Å². The van der Waals surface area contributed by atoms with E-state index in [2.05, 4.69) is 15.2 Å². The van der Waals surface area contributed by atoms with Crippen LogP contribution in [0.1, 0.15) is 41.7 Å². The fourth-order valence-electron chi connectivity index (χ4n) is 2.55. The van der Waals surface area contributed by atoms with Crippen LogP contribution in [0.3, 0.4) is 0 Å². The van der Waals surface area contributed by atoms with E-state index in [9.17, 15) is 9.59 Å². The van der Waals surface area contributed by atoms with E-state index in [-0.39, 0.29) is 18.5 Å². The van der Waals surface area contributed by atoms with Crippen LogP contribution in [-0.4, -0.2) is 47.0 Å². The number of ether oxygens (including phenoxy) is 1. The van der Waals surface area contributed by atoms with Crippen molar-refractivity contribution >= 4 is 11.9 Å². The molecule has 0 saturated carbocycles. The molecule has 7 nitrogen and oxygen atoms in total. The van der Waals surface area contributed by atoms with Crippen LogP contribution in [0.15, 0.2) is 36.5 Å². The Morgan fingerprint density at radius 1 is 1.19 bits per heavy atom. The van der Waals surface area contributed by atoms with Gasteiger partial charge in [-0.05, 0) is 37.8 Å². The van der Waals surface area contributed by atoms with Gasteiger partial charge in [-0.2, -0.15) is 5.10 Å². The summed E-state index contributed by atoms with van der Waals surface area (Å²) < 4.78 is 6.27. The van der Waals surface area contributed by atoms with E-state index in [1.165, 1.54) is 7.11 Å². The minimum Gasteiger partial charge on any atom is -0.469 e. The monoisotopic (exact) mass is 359 g/mol. The first kappa shape index (κ1) is 19.7. The van der Waals surface area contributed by atoms with Crippen molar-refractivity contribution < 1.29 is 19.4 Å². The Kier molecular flexibility index (Phi) is 7.82. The molecule has 0 bridgehead atoms. The van der Waals surface area contributed by atoms with Gasteiger partial charge in [-0.25, -0.2) is 4.68 Å². The number of aryl methyl sites for hydroxylation is 1. The summed E-state index contributed by atoms with van der Waals surface area (Å²) in [4.78, 5) is 23.6. The summed E-state index contributed by atoms with van der Waals surface area (Å²) in [6, 6.07) is 9.56. The van der Waals surface area contributed by atoms with Crippen LogP contribution >= 0.6 is 0 Å². The third-order valence-electron chi connectivity index (χ3n) is 3.95. The second-order valence-corrected chi connectivity index (χ2v) is 5.90. The number of hydrogen-bond acceptors (Lipinski definition) is 5.